The molecule has 1 unspecified atom stereocenters. The number of fused-ring (bicyclic) bond motifs is 1. The molecule has 24 heavy (non-hydrogen) atoms. The van der Waals surface area contributed by atoms with Gasteiger partial charge >= 0.3 is 0 Å². The van der Waals surface area contributed by atoms with Crippen molar-refractivity contribution in [2.75, 3.05) is 30.8 Å². The zero-order chi connectivity index (χ0) is 17.3. The number of anilines is 1. The highest BCUT2D eigenvalue weighted by molar-refractivity contribution is 7.88. The number of hydrogen-bond acceptors (Lipinski definition) is 5. The Morgan fingerprint density at radius 1 is 1.42 bits per heavy atom. The SMILES string of the molecule is CS(=O)(=O)NCC1CCCN(c2ncnc3cc(Cl)c(F)cc23)C1. The third-order valence-corrected chi connectivity index (χ3v) is 5.09. The van der Waals surface area contributed by atoms with Crippen molar-refractivity contribution in [3.63, 3.8) is 0 Å². The Kier molecular flexibility index (Phi) is 4.89. The lowest BCUT2D eigenvalue weighted by molar-refractivity contribution is 0.410. The molecule has 0 saturated carbocycles. The van der Waals surface area contributed by atoms with Gasteiger partial charge < -0.3 is 4.90 Å². The molecule has 1 fully saturated rings. The van der Waals surface area contributed by atoms with Crippen molar-refractivity contribution in [1.82, 2.24) is 14.7 Å². The summed E-state index contributed by atoms with van der Waals surface area (Å²) in [5, 5.41) is 0.636. The Morgan fingerprint density at radius 3 is 2.96 bits per heavy atom. The summed E-state index contributed by atoms with van der Waals surface area (Å²) in [6, 6.07) is 2.84. The molecule has 1 aliphatic rings. The van der Waals surface area contributed by atoms with Crippen molar-refractivity contribution in [2.45, 2.75) is 12.8 Å². The van der Waals surface area contributed by atoms with Crippen LogP contribution in [-0.2, 0) is 10.0 Å². The standard InChI is InChI=1S/C15H18ClFN4O2S/c1-24(22,23)20-7-10-3-2-4-21(8-10)15-11-5-13(17)12(16)6-14(11)18-9-19-15/h5-6,9-10,20H,2-4,7-8H2,1H3. The van der Waals surface area contributed by atoms with Crippen LogP contribution in [0.5, 0.6) is 0 Å². The summed E-state index contributed by atoms with van der Waals surface area (Å²) in [7, 11) is -3.21. The van der Waals surface area contributed by atoms with Crippen LogP contribution in [0.1, 0.15) is 12.8 Å². The molecule has 0 spiro atoms. The average Bonchev–Trinajstić information content (AvgIpc) is 2.53. The van der Waals surface area contributed by atoms with Gasteiger partial charge in [-0.15, -0.1) is 0 Å². The first-order chi connectivity index (χ1) is 11.3. The van der Waals surface area contributed by atoms with E-state index < -0.39 is 15.8 Å². The zero-order valence-electron chi connectivity index (χ0n) is 13.2. The quantitative estimate of drug-likeness (QED) is 0.890. The van der Waals surface area contributed by atoms with E-state index in [1.54, 1.807) is 0 Å². The van der Waals surface area contributed by atoms with E-state index in [4.69, 9.17) is 11.6 Å². The summed E-state index contributed by atoms with van der Waals surface area (Å²) in [5.74, 6) is 0.322. The van der Waals surface area contributed by atoms with Crippen molar-refractivity contribution < 1.29 is 12.8 Å². The monoisotopic (exact) mass is 372 g/mol. The second-order valence-electron chi connectivity index (χ2n) is 6.06. The summed E-state index contributed by atoms with van der Waals surface area (Å²) in [6.07, 6.45) is 4.43. The Balaban J connectivity index is 1.86. The maximum atomic E-state index is 13.8. The average molecular weight is 373 g/mol. The number of benzene rings is 1. The Morgan fingerprint density at radius 2 is 2.21 bits per heavy atom. The van der Waals surface area contributed by atoms with E-state index in [-0.39, 0.29) is 10.9 Å². The largest absolute Gasteiger partial charge is 0.356 e. The Labute approximate surface area is 145 Å². The van der Waals surface area contributed by atoms with Crippen LogP contribution < -0.4 is 9.62 Å². The first-order valence-electron chi connectivity index (χ1n) is 7.63. The molecule has 0 amide bonds. The molecular formula is C15H18ClFN4O2S. The number of aromatic nitrogens is 2. The summed E-state index contributed by atoms with van der Waals surface area (Å²) in [6.45, 7) is 1.82. The molecule has 1 N–H and O–H groups in total. The van der Waals surface area contributed by atoms with Crippen molar-refractivity contribution in [1.29, 1.82) is 0 Å². The van der Waals surface area contributed by atoms with Gasteiger partial charge in [-0.2, -0.15) is 0 Å². The van der Waals surface area contributed by atoms with E-state index in [0.29, 0.717) is 29.8 Å². The van der Waals surface area contributed by atoms with Crippen LogP contribution in [-0.4, -0.2) is 44.3 Å². The van der Waals surface area contributed by atoms with Crippen LogP contribution >= 0.6 is 11.6 Å². The number of halogens is 2. The lowest BCUT2D eigenvalue weighted by Gasteiger charge is -2.34. The van der Waals surface area contributed by atoms with Gasteiger partial charge in [-0.05, 0) is 30.9 Å². The lowest BCUT2D eigenvalue weighted by Crippen LogP contribution is -2.41. The van der Waals surface area contributed by atoms with Gasteiger partial charge in [0.2, 0.25) is 10.0 Å². The Bertz CT molecular complexity index is 862. The number of hydrogen-bond donors (Lipinski definition) is 1. The molecule has 0 aliphatic carbocycles. The van der Waals surface area contributed by atoms with E-state index in [2.05, 4.69) is 19.6 Å². The van der Waals surface area contributed by atoms with Crippen LogP contribution in [0.15, 0.2) is 18.5 Å². The maximum absolute atomic E-state index is 13.8. The van der Waals surface area contributed by atoms with Crippen molar-refractivity contribution >= 4 is 38.3 Å². The highest BCUT2D eigenvalue weighted by Gasteiger charge is 2.23. The van der Waals surface area contributed by atoms with Crippen LogP contribution in [0, 0.1) is 11.7 Å². The van der Waals surface area contributed by atoms with Crippen LogP contribution in [0.25, 0.3) is 10.9 Å². The fourth-order valence-electron chi connectivity index (χ4n) is 2.98. The molecule has 6 nitrogen and oxygen atoms in total. The summed E-state index contributed by atoms with van der Waals surface area (Å²) < 4.78 is 38.9. The van der Waals surface area contributed by atoms with Gasteiger partial charge in [0.15, 0.2) is 0 Å². The fourth-order valence-corrected chi connectivity index (χ4v) is 3.68. The Hall–Kier alpha value is -1.51. The second-order valence-corrected chi connectivity index (χ2v) is 8.30. The molecule has 2 aromatic rings. The number of piperidine rings is 1. The number of rotatable bonds is 4. The normalized spacial score (nSPS) is 19.0. The summed E-state index contributed by atoms with van der Waals surface area (Å²) >= 11 is 5.82. The van der Waals surface area contributed by atoms with Gasteiger partial charge in [0.25, 0.3) is 0 Å². The van der Waals surface area contributed by atoms with Crippen molar-refractivity contribution in [3.05, 3.63) is 29.3 Å². The predicted molar refractivity (Wildman–Crippen MR) is 92.3 cm³/mol. The van der Waals surface area contributed by atoms with Gasteiger partial charge in [0, 0.05) is 25.0 Å². The first kappa shape index (κ1) is 17.3. The molecule has 130 valence electrons. The van der Waals surface area contributed by atoms with Crippen LogP contribution in [0.2, 0.25) is 5.02 Å². The van der Waals surface area contributed by atoms with Gasteiger partial charge in [0.05, 0.1) is 16.8 Å². The lowest BCUT2D eigenvalue weighted by atomic mass is 9.98. The van der Waals surface area contributed by atoms with Crippen molar-refractivity contribution in [3.8, 4) is 0 Å². The first-order valence-corrected chi connectivity index (χ1v) is 9.90. The van der Waals surface area contributed by atoms with Crippen LogP contribution in [0.3, 0.4) is 0 Å². The summed E-state index contributed by atoms with van der Waals surface area (Å²) in [4.78, 5) is 10.5. The molecule has 2 heterocycles. The third-order valence-electron chi connectivity index (χ3n) is 4.11. The van der Waals surface area contributed by atoms with E-state index in [0.717, 1.165) is 25.6 Å². The van der Waals surface area contributed by atoms with E-state index in [1.807, 2.05) is 0 Å². The zero-order valence-corrected chi connectivity index (χ0v) is 14.7. The minimum Gasteiger partial charge on any atom is -0.356 e. The highest BCUT2D eigenvalue weighted by atomic mass is 35.5. The van der Waals surface area contributed by atoms with Gasteiger partial charge in [-0.3, -0.25) is 0 Å². The molecule has 1 atom stereocenters. The second kappa shape index (κ2) is 6.78. The van der Waals surface area contributed by atoms with Gasteiger partial charge in [0.1, 0.15) is 18.0 Å². The smallest absolute Gasteiger partial charge is 0.208 e. The molecule has 3 rings (SSSR count). The van der Waals surface area contributed by atoms with E-state index in [9.17, 15) is 12.8 Å². The number of nitrogens with zero attached hydrogens (tertiary/aromatic N) is 3. The van der Waals surface area contributed by atoms with Gasteiger partial charge in [-0.25, -0.2) is 27.5 Å². The minimum absolute atomic E-state index is 0.0287. The summed E-state index contributed by atoms with van der Waals surface area (Å²) in [5.41, 5.74) is 0.586. The maximum Gasteiger partial charge on any atom is 0.208 e. The topological polar surface area (TPSA) is 75.2 Å². The van der Waals surface area contributed by atoms with Crippen LogP contribution in [0.4, 0.5) is 10.2 Å². The predicted octanol–water partition coefficient (Wildman–Crippen LogP) is 2.19. The van der Waals surface area contributed by atoms with Gasteiger partial charge in [-0.1, -0.05) is 11.6 Å². The molecular weight excluding hydrogens is 355 g/mol. The minimum atomic E-state index is -3.21. The molecule has 0 radical (unpaired) electrons. The number of sulfonamides is 1. The molecule has 1 saturated heterocycles. The van der Waals surface area contributed by atoms with Crippen molar-refractivity contribution in [2.24, 2.45) is 5.92 Å². The van der Waals surface area contributed by atoms with E-state index in [1.165, 1.54) is 18.5 Å². The molecule has 1 aromatic heterocycles. The number of nitrogens with one attached hydrogen (secondary N) is 1. The fraction of sp³-hybridized carbons (Fsp3) is 0.467. The molecule has 1 aromatic carbocycles. The molecule has 0 bridgehead atoms. The van der Waals surface area contributed by atoms with E-state index >= 15 is 0 Å². The molecule has 1 aliphatic heterocycles. The highest BCUT2D eigenvalue weighted by Crippen LogP contribution is 2.30. The third kappa shape index (κ3) is 3.93. The molecule has 9 heteroatoms.